The second-order valence-corrected chi connectivity index (χ2v) is 4.06. The van der Waals surface area contributed by atoms with Crippen molar-refractivity contribution in [3.8, 4) is 0 Å². The lowest BCUT2D eigenvalue weighted by Gasteiger charge is -2.18. The molecule has 122 valence electrons. The number of carbonyl (C=O) groups excluding carboxylic acids is 3. The van der Waals surface area contributed by atoms with E-state index in [4.69, 9.17) is 14.2 Å². The van der Waals surface area contributed by atoms with Crippen molar-refractivity contribution in [3.63, 3.8) is 0 Å². The van der Waals surface area contributed by atoms with Gasteiger partial charge in [-0.1, -0.05) is 0 Å². The summed E-state index contributed by atoms with van der Waals surface area (Å²) in [7, 11) is 0. The zero-order valence-electron chi connectivity index (χ0n) is 12.6. The molecule has 2 amide bonds. The molecule has 0 fully saturated rings. The second-order valence-electron chi connectivity index (χ2n) is 4.06. The Bertz CT molecular complexity index is 289. The second kappa shape index (κ2) is 13.2. The molecule has 21 heavy (non-hydrogen) atoms. The number of ether oxygens (including phenoxy) is 3. The highest BCUT2D eigenvalue weighted by atomic mass is 16.6. The first kappa shape index (κ1) is 19.2. The zero-order valence-corrected chi connectivity index (χ0v) is 12.6. The summed E-state index contributed by atoms with van der Waals surface area (Å²) in [5.74, 6) is 0. The summed E-state index contributed by atoms with van der Waals surface area (Å²) in [4.78, 5) is 32.6. The Balaban J connectivity index is 4.09. The lowest BCUT2D eigenvalue weighted by atomic mass is 10.3. The monoisotopic (exact) mass is 304 g/mol. The van der Waals surface area contributed by atoms with Gasteiger partial charge in [0.15, 0.2) is 0 Å². The van der Waals surface area contributed by atoms with E-state index < -0.39 is 18.3 Å². The molecule has 0 saturated carbocycles. The Morgan fingerprint density at radius 2 is 1.57 bits per heavy atom. The van der Waals surface area contributed by atoms with E-state index in [1.807, 2.05) is 0 Å². The van der Waals surface area contributed by atoms with Gasteiger partial charge in [-0.3, -0.25) is 0 Å². The van der Waals surface area contributed by atoms with Crippen molar-refractivity contribution in [2.24, 2.45) is 0 Å². The highest BCUT2D eigenvalue weighted by Crippen LogP contribution is 1.99. The first-order valence-corrected chi connectivity index (χ1v) is 7.00. The summed E-state index contributed by atoms with van der Waals surface area (Å²) < 4.78 is 15.3. The molecule has 0 rings (SSSR count). The van der Waals surface area contributed by atoms with Gasteiger partial charge in [0.05, 0.1) is 0 Å². The molecule has 0 saturated heterocycles. The van der Waals surface area contributed by atoms with E-state index in [0.29, 0.717) is 32.5 Å². The average Bonchev–Trinajstić information content (AvgIpc) is 2.46. The standard InChI is InChI=1S/C13H24N2O6/c1-3-14-12(17)20-9-11(19-8-6-5-7-16)10-21-13(18)15-4-2/h7,11H,3-6,8-10H2,1-2H3,(H,14,17)(H,15,18). The molecule has 0 heterocycles. The van der Waals surface area contributed by atoms with Gasteiger partial charge in [0, 0.05) is 26.1 Å². The molecule has 0 aliphatic carbocycles. The number of carbonyl (C=O) groups is 3. The Labute approximate surface area is 124 Å². The molecule has 0 bridgehead atoms. The largest absolute Gasteiger partial charge is 0.447 e. The van der Waals surface area contributed by atoms with Gasteiger partial charge in [-0.2, -0.15) is 0 Å². The van der Waals surface area contributed by atoms with Crippen molar-refractivity contribution in [1.29, 1.82) is 0 Å². The molecule has 0 aromatic carbocycles. The highest BCUT2D eigenvalue weighted by molar-refractivity contribution is 5.67. The molecule has 0 atom stereocenters. The van der Waals surface area contributed by atoms with Crippen LogP contribution in [0, 0.1) is 0 Å². The van der Waals surface area contributed by atoms with Crippen LogP contribution in [0.25, 0.3) is 0 Å². The van der Waals surface area contributed by atoms with Crippen molar-refractivity contribution in [3.05, 3.63) is 0 Å². The Morgan fingerprint density at radius 3 is 2.00 bits per heavy atom. The van der Waals surface area contributed by atoms with Crippen LogP contribution in [0.1, 0.15) is 26.7 Å². The SMILES string of the molecule is CCNC(=O)OCC(COC(=O)NCC)OCCCC=O. The molecule has 0 aliphatic heterocycles. The Hall–Kier alpha value is -1.83. The number of hydrogen-bond donors (Lipinski definition) is 2. The molecule has 0 unspecified atom stereocenters. The summed E-state index contributed by atoms with van der Waals surface area (Å²) in [5.41, 5.74) is 0. The van der Waals surface area contributed by atoms with Crippen LogP contribution in [0.15, 0.2) is 0 Å². The van der Waals surface area contributed by atoms with Crippen molar-refractivity contribution in [2.75, 3.05) is 32.9 Å². The number of aldehydes is 1. The fourth-order valence-electron chi connectivity index (χ4n) is 1.29. The van der Waals surface area contributed by atoms with E-state index in [9.17, 15) is 14.4 Å². The van der Waals surface area contributed by atoms with Crippen molar-refractivity contribution >= 4 is 18.5 Å². The predicted molar refractivity (Wildman–Crippen MR) is 75.1 cm³/mol. The minimum atomic E-state index is -0.568. The molecule has 0 radical (unpaired) electrons. The molecule has 0 aromatic rings. The Kier molecular flexibility index (Phi) is 12.0. The number of amides is 2. The molecular weight excluding hydrogens is 280 g/mol. The highest BCUT2D eigenvalue weighted by Gasteiger charge is 2.15. The van der Waals surface area contributed by atoms with Crippen LogP contribution in [0.2, 0.25) is 0 Å². The number of alkyl carbamates (subject to hydrolysis) is 2. The molecular formula is C13H24N2O6. The number of nitrogens with one attached hydrogen (secondary N) is 2. The number of hydrogen-bond acceptors (Lipinski definition) is 6. The van der Waals surface area contributed by atoms with E-state index in [1.54, 1.807) is 13.8 Å². The van der Waals surface area contributed by atoms with Gasteiger partial charge in [0.1, 0.15) is 25.6 Å². The van der Waals surface area contributed by atoms with Crippen molar-refractivity contribution < 1.29 is 28.6 Å². The maximum absolute atomic E-state index is 11.2. The van der Waals surface area contributed by atoms with Gasteiger partial charge in [0.2, 0.25) is 0 Å². The van der Waals surface area contributed by atoms with E-state index in [-0.39, 0.29) is 13.2 Å². The van der Waals surface area contributed by atoms with Gasteiger partial charge < -0.3 is 29.6 Å². The van der Waals surface area contributed by atoms with Gasteiger partial charge in [-0.15, -0.1) is 0 Å². The fourth-order valence-corrected chi connectivity index (χ4v) is 1.29. The first-order valence-electron chi connectivity index (χ1n) is 7.00. The van der Waals surface area contributed by atoms with Crippen LogP contribution in [0.4, 0.5) is 9.59 Å². The quantitative estimate of drug-likeness (QED) is 0.433. The van der Waals surface area contributed by atoms with Crippen molar-refractivity contribution in [2.45, 2.75) is 32.8 Å². The van der Waals surface area contributed by atoms with Gasteiger partial charge in [-0.25, -0.2) is 9.59 Å². The normalized spacial score (nSPS) is 10.0. The molecule has 8 nitrogen and oxygen atoms in total. The maximum Gasteiger partial charge on any atom is 0.407 e. The lowest BCUT2D eigenvalue weighted by Crippen LogP contribution is -2.34. The molecule has 0 aliphatic rings. The lowest BCUT2D eigenvalue weighted by molar-refractivity contribution is -0.108. The molecule has 0 spiro atoms. The summed E-state index contributed by atoms with van der Waals surface area (Å²) >= 11 is 0. The van der Waals surface area contributed by atoms with Gasteiger partial charge >= 0.3 is 12.2 Å². The minimum Gasteiger partial charge on any atom is -0.447 e. The average molecular weight is 304 g/mol. The third-order valence-corrected chi connectivity index (χ3v) is 2.26. The van der Waals surface area contributed by atoms with E-state index in [0.717, 1.165) is 6.29 Å². The van der Waals surface area contributed by atoms with Crippen LogP contribution in [-0.4, -0.2) is 57.5 Å². The van der Waals surface area contributed by atoms with Crippen LogP contribution in [0.5, 0.6) is 0 Å². The van der Waals surface area contributed by atoms with E-state index in [2.05, 4.69) is 10.6 Å². The Morgan fingerprint density at radius 1 is 1.05 bits per heavy atom. The van der Waals surface area contributed by atoms with Crippen LogP contribution < -0.4 is 10.6 Å². The van der Waals surface area contributed by atoms with Crippen LogP contribution in [0.3, 0.4) is 0 Å². The maximum atomic E-state index is 11.2. The third kappa shape index (κ3) is 11.7. The molecule has 0 aromatic heterocycles. The summed E-state index contributed by atoms with van der Waals surface area (Å²) in [6, 6.07) is 0. The summed E-state index contributed by atoms with van der Waals surface area (Å²) in [5, 5.41) is 4.96. The minimum absolute atomic E-state index is 0.0354. The topological polar surface area (TPSA) is 103 Å². The first-order chi connectivity index (χ1) is 10.1. The number of unbranched alkanes of at least 4 members (excludes halogenated alkanes) is 1. The fraction of sp³-hybridized carbons (Fsp3) is 0.769. The molecule has 2 N–H and O–H groups in total. The van der Waals surface area contributed by atoms with E-state index >= 15 is 0 Å². The summed E-state index contributed by atoms with van der Waals surface area (Å²) in [6.45, 7) is 4.71. The zero-order chi connectivity index (χ0) is 15.9. The number of rotatable bonds is 11. The van der Waals surface area contributed by atoms with Crippen molar-refractivity contribution in [1.82, 2.24) is 10.6 Å². The van der Waals surface area contributed by atoms with Gasteiger partial charge in [0.25, 0.3) is 0 Å². The smallest absolute Gasteiger partial charge is 0.407 e. The van der Waals surface area contributed by atoms with Crippen LogP contribution >= 0.6 is 0 Å². The third-order valence-electron chi connectivity index (χ3n) is 2.26. The summed E-state index contributed by atoms with van der Waals surface area (Å²) in [6.07, 6.45) is 0.0638. The molecule has 8 heteroatoms. The predicted octanol–water partition coefficient (Wildman–Crippen LogP) is 0.843. The van der Waals surface area contributed by atoms with Gasteiger partial charge in [-0.05, 0) is 20.3 Å². The van der Waals surface area contributed by atoms with Crippen LogP contribution in [-0.2, 0) is 19.0 Å². The van der Waals surface area contributed by atoms with E-state index in [1.165, 1.54) is 0 Å².